The Hall–Kier alpha value is -2.44. The van der Waals surface area contributed by atoms with E-state index < -0.39 is 6.10 Å². The van der Waals surface area contributed by atoms with Crippen LogP contribution in [0.5, 0.6) is 5.75 Å². The molecule has 29 heavy (non-hydrogen) atoms. The Kier molecular flexibility index (Phi) is 6.11. The molecule has 0 amide bonds. The highest BCUT2D eigenvalue weighted by atomic mass is 19.1. The topological polar surface area (TPSA) is 58.7 Å². The zero-order valence-electron chi connectivity index (χ0n) is 16.7. The van der Waals surface area contributed by atoms with Crippen LogP contribution < -0.4 is 4.74 Å². The van der Waals surface area contributed by atoms with Crippen LogP contribution >= 0.6 is 0 Å². The van der Waals surface area contributed by atoms with Crippen molar-refractivity contribution in [2.45, 2.75) is 44.2 Å². The maximum absolute atomic E-state index is 13.3. The second-order valence-electron chi connectivity index (χ2n) is 7.89. The van der Waals surface area contributed by atoms with Gasteiger partial charge >= 0.3 is 0 Å². The molecular formula is C23H27FN2O3. The van der Waals surface area contributed by atoms with Gasteiger partial charge in [-0.2, -0.15) is 0 Å². The molecule has 5 nitrogen and oxygen atoms in total. The molecule has 0 bridgehead atoms. The summed E-state index contributed by atoms with van der Waals surface area (Å²) in [7, 11) is 2.08. The molecule has 0 saturated heterocycles. The normalized spacial score (nSPS) is 16.4. The lowest BCUT2D eigenvalue weighted by Gasteiger charge is -2.32. The van der Waals surface area contributed by atoms with Gasteiger partial charge in [-0.05, 0) is 56.3 Å². The van der Waals surface area contributed by atoms with Crippen molar-refractivity contribution >= 4 is 10.9 Å². The Bertz CT molecular complexity index is 935. The van der Waals surface area contributed by atoms with E-state index in [2.05, 4.69) is 17.1 Å². The van der Waals surface area contributed by atoms with E-state index in [0.29, 0.717) is 29.6 Å². The third-order valence-electron chi connectivity index (χ3n) is 5.70. The summed E-state index contributed by atoms with van der Waals surface area (Å²) in [5.74, 6) is 0.942. The summed E-state index contributed by atoms with van der Waals surface area (Å²) in [6.45, 7) is 0.865. The van der Waals surface area contributed by atoms with Gasteiger partial charge in [0.05, 0.1) is 0 Å². The molecule has 0 spiro atoms. The molecule has 1 unspecified atom stereocenters. The first-order valence-corrected chi connectivity index (χ1v) is 10.3. The molecule has 154 valence electrons. The molecule has 4 rings (SSSR count). The predicted octanol–water partition coefficient (Wildman–Crippen LogP) is 4.64. The molecule has 0 aliphatic heterocycles. The number of halogens is 1. The number of benzene rings is 2. The third-order valence-corrected chi connectivity index (χ3v) is 5.70. The van der Waals surface area contributed by atoms with Gasteiger partial charge in [-0.1, -0.05) is 24.4 Å². The second kappa shape index (κ2) is 8.93. The first kappa shape index (κ1) is 19.9. The Balaban J connectivity index is 1.33. The number of ether oxygens (including phenoxy) is 1. The Morgan fingerprint density at radius 2 is 1.93 bits per heavy atom. The van der Waals surface area contributed by atoms with Crippen LogP contribution in [-0.2, 0) is 0 Å². The number of hydrogen-bond acceptors (Lipinski definition) is 5. The van der Waals surface area contributed by atoms with Crippen LogP contribution in [0.4, 0.5) is 4.39 Å². The van der Waals surface area contributed by atoms with E-state index in [9.17, 15) is 9.50 Å². The van der Waals surface area contributed by atoms with Crippen LogP contribution in [0.2, 0.25) is 0 Å². The van der Waals surface area contributed by atoms with Crippen LogP contribution in [0.25, 0.3) is 22.2 Å². The number of nitrogens with zero attached hydrogens (tertiary/aromatic N) is 2. The summed E-state index contributed by atoms with van der Waals surface area (Å²) in [6.07, 6.45) is 5.79. The van der Waals surface area contributed by atoms with Gasteiger partial charge in [0.1, 0.15) is 29.8 Å². The van der Waals surface area contributed by atoms with E-state index in [-0.39, 0.29) is 12.4 Å². The predicted molar refractivity (Wildman–Crippen MR) is 110 cm³/mol. The summed E-state index contributed by atoms with van der Waals surface area (Å²) in [4.78, 5) is 2.26. The van der Waals surface area contributed by atoms with Gasteiger partial charge in [-0.3, -0.25) is 0 Å². The molecule has 1 N–H and O–H groups in total. The van der Waals surface area contributed by atoms with Crippen molar-refractivity contribution < 1.29 is 18.8 Å². The zero-order valence-corrected chi connectivity index (χ0v) is 16.7. The van der Waals surface area contributed by atoms with Gasteiger partial charge < -0.3 is 19.3 Å². The molecule has 0 radical (unpaired) electrons. The van der Waals surface area contributed by atoms with Gasteiger partial charge in [-0.15, -0.1) is 0 Å². The smallest absolute Gasteiger partial charge is 0.174 e. The standard InChI is InChI=1S/C23H27FN2O3/c1-26(18-5-3-2-4-6-18)14-19(27)15-28-20-10-7-16(8-11-20)23-21-12-9-17(24)13-22(21)25-29-23/h7-13,18-19,27H,2-6,14-15H2,1H3. The maximum atomic E-state index is 13.3. The minimum absolute atomic E-state index is 0.251. The number of likely N-dealkylation sites (N-methyl/N-ethyl adjacent to an activating group) is 1. The number of fused-ring (bicyclic) bond motifs is 1. The lowest BCUT2D eigenvalue weighted by atomic mass is 9.94. The van der Waals surface area contributed by atoms with Crippen molar-refractivity contribution in [2.24, 2.45) is 0 Å². The van der Waals surface area contributed by atoms with E-state index >= 15 is 0 Å². The van der Waals surface area contributed by atoms with E-state index in [4.69, 9.17) is 9.26 Å². The van der Waals surface area contributed by atoms with Gasteiger partial charge in [0.25, 0.3) is 0 Å². The highest BCUT2D eigenvalue weighted by Gasteiger charge is 2.20. The molecule has 1 aromatic heterocycles. The zero-order chi connectivity index (χ0) is 20.2. The SMILES string of the molecule is CN(CC(O)COc1ccc(-c2onc3cc(F)ccc23)cc1)C1CCCCC1. The number of aliphatic hydroxyl groups is 1. The third kappa shape index (κ3) is 4.77. The molecule has 1 aliphatic rings. The summed E-state index contributed by atoms with van der Waals surface area (Å²) < 4.78 is 24.5. The molecule has 1 fully saturated rings. The summed E-state index contributed by atoms with van der Waals surface area (Å²) in [6, 6.07) is 12.4. The molecule has 1 heterocycles. The fourth-order valence-corrected chi connectivity index (χ4v) is 4.08. The van der Waals surface area contributed by atoms with Crippen LogP contribution in [0.1, 0.15) is 32.1 Å². The van der Waals surface area contributed by atoms with Gasteiger partial charge in [-0.25, -0.2) is 4.39 Å². The van der Waals surface area contributed by atoms with Crippen molar-refractivity contribution in [1.82, 2.24) is 10.1 Å². The van der Waals surface area contributed by atoms with Gasteiger partial charge in [0.15, 0.2) is 5.76 Å². The molecule has 3 aromatic rings. The van der Waals surface area contributed by atoms with Gasteiger partial charge in [0.2, 0.25) is 0 Å². The Morgan fingerprint density at radius 3 is 2.69 bits per heavy atom. The number of aliphatic hydroxyl groups excluding tert-OH is 1. The minimum Gasteiger partial charge on any atom is -0.491 e. The molecule has 2 aromatic carbocycles. The fraction of sp³-hybridized carbons (Fsp3) is 0.435. The number of rotatable bonds is 7. The van der Waals surface area contributed by atoms with Crippen molar-refractivity contribution in [3.8, 4) is 17.1 Å². The van der Waals surface area contributed by atoms with Crippen LogP contribution in [0.15, 0.2) is 47.0 Å². The van der Waals surface area contributed by atoms with E-state index in [0.717, 1.165) is 10.9 Å². The highest BCUT2D eigenvalue weighted by molar-refractivity contribution is 5.91. The van der Waals surface area contributed by atoms with E-state index in [1.807, 2.05) is 24.3 Å². The van der Waals surface area contributed by atoms with E-state index in [1.165, 1.54) is 44.2 Å². The number of aromatic nitrogens is 1. The second-order valence-corrected chi connectivity index (χ2v) is 7.89. The van der Waals surface area contributed by atoms with Crippen LogP contribution in [-0.4, -0.2) is 47.5 Å². The quantitative estimate of drug-likeness (QED) is 0.628. The van der Waals surface area contributed by atoms with Crippen molar-refractivity contribution in [1.29, 1.82) is 0 Å². The fourth-order valence-electron chi connectivity index (χ4n) is 4.08. The van der Waals surface area contributed by atoms with Crippen LogP contribution in [0.3, 0.4) is 0 Å². The lowest BCUT2D eigenvalue weighted by Crippen LogP contribution is -2.40. The Morgan fingerprint density at radius 1 is 1.17 bits per heavy atom. The first-order valence-electron chi connectivity index (χ1n) is 10.3. The molecule has 1 saturated carbocycles. The van der Waals surface area contributed by atoms with Crippen molar-refractivity contribution in [3.05, 3.63) is 48.3 Å². The van der Waals surface area contributed by atoms with Gasteiger partial charge in [0, 0.05) is 29.6 Å². The summed E-state index contributed by atoms with van der Waals surface area (Å²) in [5.41, 5.74) is 1.33. The largest absolute Gasteiger partial charge is 0.491 e. The molecule has 1 aliphatic carbocycles. The maximum Gasteiger partial charge on any atom is 0.174 e. The molecule has 6 heteroatoms. The average molecular weight is 398 g/mol. The monoisotopic (exact) mass is 398 g/mol. The van der Waals surface area contributed by atoms with Crippen molar-refractivity contribution in [3.63, 3.8) is 0 Å². The number of hydrogen-bond donors (Lipinski definition) is 1. The molecule has 1 atom stereocenters. The molecular weight excluding hydrogens is 371 g/mol. The van der Waals surface area contributed by atoms with E-state index in [1.54, 1.807) is 6.07 Å². The average Bonchev–Trinajstić information content (AvgIpc) is 3.16. The Labute approximate surface area is 170 Å². The summed E-state index contributed by atoms with van der Waals surface area (Å²) in [5, 5.41) is 15.0. The van der Waals surface area contributed by atoms with Crippen LogP contribution in [0, 0.1) is 5.82 Å². The summed E-state index contributed by atoms with van der Waals surface area (Å²) >= 11 is 0. The van der Waals surface area contributed by atoms with Crippen molar-refractivity contribution in [2.75, 3.05) is 20.2 Å². The first-order chi connectivity index (χ1) is 14.1. The highest BCUT2D eigenvalue weighted by Crippen LogP contribution is 2.30. The minimum atomic E-state index is -0.533. The lowest BCUT2D eigenvalue weighted by molar-refractivity contribution is 0.0561.